The van der Waals surface area contributed by atoms with E-state index in [0.29, 0.717) is 11.3 Å². The third-order valence-electron chi connectivity index (χ3n) is 4.50. The molecule has 0 radical (unpaired) electrons. The monoisotopic (exact) mass is 332 g/mol. The maximum atomic E-state index is 14.2. The van der Waals surface area contributed by atoms with Crippen molar-refractivity contribution in [1.82, 2.24) is 0 Å². The summed E-state index contributed by atoms with van der Waals surface area (Å²) in [6, 6.07) is 21.7. The van der Waals surface area contributed by atoms with Gasteiger partial charge in [-0.15, -0.1) is 0 Å². The smallest absolute Gasteiger partial charge is 0.260 e. The first-order valence-corrected chi connectivity index (χ1v) is 8.16. The summed E-state index contributed by atoms with van der Waals surface area (Å²) in [4.78, 5) is 14.7. The first-order chi connectivity index (χ1) is 12.2. The highest BCUT2D eigenvalue weighted by Gasteiger charge is 2.38. The Kier molecular flexibility index (Phi) is 3.73. The second kappa shape index (κ2) is 6.06. The molecule has 4 rings (SSSR count). The van der Waals surface area contributed by atoms with Crippen molar-refractivity contribution < 1.29 is 9.18 Å². The fourth-order valence-corrected chi connectivity index (χ4v) is 3.27. The molecule has 0 saturated carbocycles. The van der Waals surface area contributed by atoms with Crippen molar-refractivity contribution in [2.24, 2.45) is 0 Å². The summed E-state index contributed by atoms with van der Waals surface area (Å²) in [5.74, 6) is -0.428. The normalized spacial score (nSPS) is 16.0. The third-order valence-corrected chi connectivity index (χ3v) is 4.50. The summed E-state index contributed by atoms with van der Waals surface area (Å²) in [5, 5.41) is 3.20. The standard InChI is InChI=1S/C21H17FN2O/c1-14-8-2-7-13-19(14)24-20(23-18-12-6-5-11-17(18)22)15-9-3-4-10-16(15)21(24)25/h2-13,20,23H,1H3/t20-/m1/s1. The van der Waals surface area contributed by atoms with Gasteiger partial charge in [0.1, 0.15) is 12.0 Å². The van der Waals surface area contributed by atoms with Gasteiger partial charge in [-0.3, -0.25) is 9.69 Å². The van der Waals surface area contributed by atoms with Gasteiger partial charge < -0.3 is 5.32 Å². The van der Waals surface area contributed by atoms with Gasteiger partial charge in [-0.1, -0.05) is 48.5 Å². The molecule has 1 aliphatic heterocycles. The van der Waals surface area contributed by atoms with Crippen LogP contribution < -0.4 is 10.2 Å². The summed E-state index contributed by atoms with van der Waals surface area (Å²) in [5.41, 5.74) is 3.66. The third kappa shape index (κ3) is 2.56. The number of hydrogen-bond acceptors (Lipinski definition) is 2. The topological polar surface area (TPSA) is 32.3 Å². The number of nitrogens with one attached hydrogen (secondary N) is 1. The zero-order chi connectivity index (χ0) is 17.4. The Balaban J connectivity index is 1.84. The molecule has 0 aromatic heterocycles. The van der Waals surface area contributed by atoms with Gasteiger partial charge in [0.25, 0.3) is 5.91 Å². The molecule has 0 unspecified atom stereocenters. The highest BCUT2D eigenvalue weighted by Crippen LogP contribution is 2.39. The number of rotatable bonds is 3. The largest absolute Gasteiger partial charge is 0.359 e. The maximum absolute atomic E-state index is 14.2. The van der Waals surface area contributed by atoms with Crippen LogP contribution in [0.3, 0.4) is 0 Å². The minimum atomic E-state index is -0.457. The number of carbonyl (C=O) groups is 1. The van der Waals surface area contributed by atoms with E-state index in [2.05, 4.69) is 5.32 Å². The predicted molar refractivity (Wildman–Crippen MR) is 97.2 cm³/mol. The summed E-state index contributed by atoms with van der Waals surface area (Å²) in [7, 11) is 0. The Labute approximate surface area is 145 Å². The lowest BCUT2D eigenvalue weighted by Gasteiger charge is -2.28. The molecule has 0 spiro atoms. The average molecular weight is 332 g/mol. The van der Waals surface area contributed by atoms with Crippen LogP contribution in [0.4, 0.5) is 15.8 Å². The van der Waals surface area contributed by atoms with Gasteiger partial charge in [0.2, 0.25) is 0 Å². The fourth-order valence-electron chi connectivity index (χ4n) is 3.27. The molecule has 0 fully saturated rings. The molecule has 1 atom stereocenters. The van der Waals surface area contributed by atoms with Crippen molar-refractivity contribution in [3.63, 3.8) is 0 Å². The number of aryl methyl sites for hydroxylation is 1. The highest BCUT2D eigenvalue weighted by atomic mass is 19.1. The first kappa shape index (κ1) is 15.4. The fraction of sp³-hybridized carbons (Fsp3) is 0.0952. The summed E-state index contributed by atoms with van der Waals surface area (Å²) >= 11 is 0. The maximum Gasteiger partial charge on any atom is 0.260 e. The van der Waals surface area contributed by atoms with Gasteiger partial charge in [0.05, 0.1) is 5.69 Å². The number of para-hydroxylation sites is 2. The van der Waals surface area contributed by atoms with Gasteiger partial charge in [0, 0.05) is 16.8 Å². The van der Waals surface area contributed by atoms with Gasteiger partial charge in [0.15, 0.2) is 0 Å². The molecule has 3 aromatic rings. The minimum Gasteiger partial charge on any atom is -0.359 e. The quantitative estimate of drug-likeness (QED) is 0.739. The lowest BCUT2D eigenvalue weighted by atomic mass is 10.1. The molecule has 0 aliphatic carbocycles. The second-order valence-corrected chi connectivity index (χ2v) is 6.08. The second-order valence-electron chi connectivity index (χ2n) is 6.08. The van der Waals surface area contributed by atoms with Crippen LogP contribution >= 0.6 is 0 Å². The van der Waals surface area contributed by atoms with Crippen LogP contribution in [0, 0.1) is 12.7 Å². The molecule has 1 amide bonds. The van der Waals surface area contributed by atoms with E-state index in [-0.39, 0.29) is 11.7 Å². The molecule has 0 bridgehead atoms. The SMILES string of the molecule is Cc1ccccc1N1C(=O)c2ccccc2[C@@H]1Nc1ccccc1F. The van der Waals surface area contributed by atoms with E-state index in [4.69, 9.17) is 0 Å². The number of amides is 1. The van der Waals surface area contributed by atoms with Gasteiger partial charge in [-0.25, -0.2) is 4.39 Å². The lowest BCUT2D eigenvalue weighted by molar-refractivity contribution is 0.0992. The van der Waals surface area contributed by atoms with E-state index in [1.54, 1.807) is 23.1 Å². The van der Waals surface area contributed by atoms with Crippen molar-refractivity contribution in [3.8, 4) is 0 Å². The van der Waals surface area contributed by atoms with E-state index in [1.807, 2.05) is 55.5 Å². The Hall–Kier alpha value is -3.14. The zero-order valence-electron chi connectivity index (χ0n) is 13.7. The van der Waals surface area contributed by atoms with Crippen molar-refractivity contribution in [2.45, 2.75) is 13.1 Å². The van der Waals surface area contributed by atoms with Crippen LogP contribution in [0.25, 0.3) is 0 Å². The molecule has 3 nitrogen and oxygen atoms in total. The number of benzene rings is 3. The molecule has 25 heavy (non-hydrogen) atoms. The van der Waals surface area contributed by atoms with E-state index in [0.717, 1.165) is 16.8 Å². The Morgan fingerprint density at radius 1 is 0.920 bits per heavy atom. The number of fused-ring (bicyclic) bond motifs is 1. The molecule has 3 aromatic carbocycles. The van der Waals surface area contributed by atoms with Gasteiger partial charge in [-0.05, 0) is 36.8 Å². The lowest BCUT2D eigenvalue weighted by Crippen LogP contribution is -2.33. The van der Waals surface area contributed by atoms with Crippen molar-refractivity contribution in [1.29, 1.82) is 0 Å². The highest BCUT2D eigenvalue weighted by molar-refractivity contribution is 6.11. The molecule has 1 N–H and O–H groups in total. The van der Waals surface area contributed by atoms with E-state index < -0.39 is 6.17 Å². The van der Waals surface area contributed by atoms with Crippen molar-refractivity contribution in [2.75, 3.05) is 10.2 Å². The van der Waals surface area contributed by atoms with E-state index >= 15 is 0 Å². The van der Waals surface area contributed by atoms with Gasteiger partial charge in [-0.2, -0.15) is 0 Å². The number of hydrogen-bond donors (Lipinski definition) is 1. The Morgan fingerprint density at radius 3 is 2.40 bits per heavy atom. The van der Waals surface area contributed by atoms with Gasteiger partial charge >= 0.3 is 0 Å². The van der Waals surface area contributed by atoms with Crippen LogP contribution in [-0.4, -0.2) is 5.91 Å². The average Bonchev–Trinajstić information content (AvgIpc) is 2.90. The Morgan fingerprint density at radius 2 is 1.60 bits per heavy atom. The minimum absolute atomic E-state index is 0.0845. The first-order valence-electron chi connectivity index (χ1n) is 8.16. The summed E-state index contributed by atoms with van der Waals surface area (Å²) in [6.07, 6.45) is -0.457. The molecule has 124 valence electrons. The summed E-state index contributed by atoms with van der Waals surface area (Å²) in [6.45, 7) is 1.96. The Bertz CT molecular complexity index is 954. The van der Waals surface area contributed by atoms with Crippen LogP contribution in [0.1, 0.15) is 27.7 Å². The zero-order valence-corrected chi connectivity index (χ0v) is 13.7. The molecule has 0 saturated heterocycles. The number of carbonyl (C=O) groups excluding carboxylic acids is 1. The van der Waals surface area contributed by atoms with Crippen LogP contribution in [0.2, 0.25) is 0 Å². The van der Waals surface area contributed by atoms with E-state index in [1.165, 1.54) is 6.07 Å². The van der Waals surface area contributed by atoms with Crippen LogP contribution in [0.5, 0.6) is 0 Å². The molecule has 1 aliphatic rings. The molecular weight excluding hydrogens is 315 g/mol. The predicted octanol–water partition coefficient (Wildman–Crippen LogP) is 4.91. The van der Waals surface area contributed by atoms with E-state index in [9.17, 15) is 9.18 Å². The number of nitrogens with zero attached hydrogens (tertiary/aromatic N) is 1. The number of halogens is 1. The van der Waals surface area contributed by atoms with Crippen LogP contribution in [-0.2, 0) is 0 Å². The summed E-state index contributed by atoms with van der Waals surface area (Å²) < 4.78 is 14.2. The van der Waals surface area contributed by atoms with Crippen LogP contribution in [0.15, 0.2) is 72.8 Å². The number of anilines is 2. The van der Waals surface area contributed by atoms with Crippen molar-refractivity contribution in [3.05, 3.63) is 95.3 Å². The molecule has 4 heteroatoms. The molecule has 1 heterocycles. The molecular formula is C21H17FN2O. The van der Waals surface area contributed by atoms with Crippen molar-refractivity contribution >= 4 is 17.3 Å².